The van der Waals surface area contributed by atoms with Crippen LogP contribution in [0, 0.1) is 5.82 Å². The lowest BCUT2D eigenvalue weighted by Crippen LogP contribution is -2.42. The van der Waals surface area contributed by atoms with E-state index in [1.165, 1.54) is 6.07 Å². The number of rotatable bonds is 2. The van der Waals surface area contributed by atoms with Crippen molar-refractivity contribution in [3.05, 3.63) is 29.1 Å². The van der Waals surface area contributed by atoms with Crippen LogP contribution in [0.1, 0.15) is 37.9 Å². The summed E-state index contributed by atoms with van der Waals surface area (Å²) in [6, 6.07) is 3.41. The topological polar surface area (TPSA) is 38.5 Å². The molecule has 100 valence electrons. The standard InChI is InChI=1S/C14H21FN2O/c1-14(2,3)17-8-11-10(13(17)7-16)5-9(18-4)6-12(11)15/h5-6,13H,7-8,16H2,1-4H3. The second-order valence-electron chi connectivity index (χ2n) is 5.73. The lowest BCUT2D eigenvalue weighted by Gasteiger charge is -2.36. The maximum absolute atomic E-state index is 14.1. The third kappa shape index (κ3) is 2.10. The van der Waals surface area contributed by atoms with Gasteiger partial charge in [0.05, 0.1) is 7.11 Å². The van der Waals surface area contributed by atoms with Crippen molar-refractivity contribution in [1.82, 2.24) is 4.90 Å². The summed E-state index contributed by atoms with van der Waals surface area (Å²) in [6.45, 7) is 7.46. The second-order valence-corrected chi connectivity index (χ2v) is 5.73. The summed E-state index contributed by atoms with van der Waals surface area (Å²) in [5.74, 6) is 0.356. The van der Waals surface area contributed by atoms with E-state index in [-0.39, 0.29) is 17.4 Å². The van der Waals surface area contributed by atoms with E-state index in [1.807, 2.05) is 6.07 Å². The molecule has 0 aliphatic carbocycles. The number of methoxy groups -OCH3 is 1. The Morgan fingerprint density at radius 1 is 1.44 bits per heavy atom. The zero-order valence-corrected chi connectivity index (χ0v) is 11.5. The van der Waals surface area contributed by atoms with Crippen LogP contribution in [0.2, 0.25) is 0 Å². The molecule has 3 nitrogen and oxygen atoms in total. The zero-order valence-electron chi connectivity index (χ0n) is 11.5. The summed E-state index contributed by atoms with van der Waals surface area (Å²) in [4.78, 5) is 2.24. The Bertz CT molecular complexity index is 454. The van der Waals surface area contributed by atoms with Crippen molar-refractivity contribution in [2.75, 3.05) is 13.7 Å². The van der Waals surface area contributed by atoms with E-state index >= 15 is 0 Å². The van der Waals surface area contributed by atoms with E-state index in [0.717, 1.165) is 11.1 Å². The molecule has 18 heavy (non-hydrogen) atoms. The molecule has 1 heterocycles. The lowest BCUT2D eigenvalue weighted by atomic mass is 10.0. The van der Waals surface area contributed by atoms with Crippen LogP contribution in [-0.2, 0) is 6.54 Å². The minimum Gasteiger partial charge on any atom is -0.497 e. The van der Waals surface area contributed by atoms with Crippen molar-refractivity contribution in [2.24, 2.45) is 5.73 Å². The first kappa shape index (κ1) is 13.3. The van der Waals surface area contributed by atoms with Crippen molar-refractivity contribution in [2.45, 2.75) is 38.9 Å². The first-order chi connectivity index (χ1) is 8.38. The van der Waals surface area contributed by atoms with Crippen molar-refractivity contribution in [3.63, 3.8) is 0 Å². The third-order valence-corrected chi connectivity index (χ3v) is 3.59. The van der Waals surface area contributed by atoms with Crippen LogP contribution in [0.5, 0.6) is 5.75 Å². The summed E-state index contributed by atoms with van der Waals surface area (Å²) in [5.41, 5.74) is 7.55. The van der Waals surface area contributed by atoms with Gasteiger partial charge in [-0.05, 0) is 32.4 Å². The van der Waals surface area contributed by atoms with Crippen LogP contribution in [-0.4, -0.2) is 24.1 Å². The predicted molar refractivity (Wildman–Crippen MR) is 70.0 cm³/mol. The molecule has 4 heteroatoms. The number of fused-ring (bicyclic) bond motifs is 1. The lowest BCUT2D eigenvalue weighted by molar-refractivity contribution is 0.0943. The smallest absolute Gasteiger partial charge is 0.131 e. The minimum atomic E-state index is -0.199. The van der Waals surface area contributed by atoms with Crippen LogP contribution < -0.4 is 10.5 Å². The third-order valence-electron chi connectivity index (χ3n) is 3.59. The minimum absolute atomic E-state index is 0.0390. The number of benzene rings is 1. The van der Waals surface area contributed by atoms with Crippen molar-refractivity contribution >= 4 is 0 Å². The molecule has 0 radical (unpaired) electrons. The maximum atomic E-state index is 14.1. The summed E-state index contributed by atoms with van der Waals surface area (Å²) in [7, 11) is 1.55. The highest BCUT2D eigenvalue weighted by atomic mass is 19.1. The molecule has 0 bridgehead atoms. The van der Waals surface area contributed by atoms with E-state index in [1.54, 1.807) is 7.11 Å². The van der Waals surface area contributed by atoms with Gasteiger partial charge >= 0.3 is 0 Å². The Hall–Kier alpha value is -1.13. The van der Waals surface area contributed by atoms with Gasteiger partial charge in [0.1, 0.15) is 11.6 Å². The van der Waals surface area contributed by atoms with E-state index < -0.39 is 0 Å². The molecule has 0 saturated carbocycles. The van der Waals surface area contributed by atoms with Gasteiger partial charge in [-0.15, -0.1) is 0 Å². The predicted octanol–water partition coefficient (Wildman–Crippen LogP) is 2.45. The number of nitrogens with two attached hydrogens (primary N) is 1. The molecule has 2 rings (SSSR count). The Morgan fingerprint density at radius 3 is 2.61 bits per heavy atom. The van der Waals surface area contributed by atoms with Crippen molar-refractivity contribution < 1.29 is 9.13 Å². The van der Waals surface area contributed by atoms with Gasteiger partial charge < -0.3 is 10.5 Å². The molecule has 1 aliphatic heterocycles. The van der Waals surface area contributed by atoms with E-state index in [2.05, 4.69) is 25.7 Å². The van der Waals surface area contributed by atoms with Gasteiger partial charge in [-0.2, -0.15) is 0 Å². The Balaban J connectivity index is 2.48. The fraction of sp³-hybridized carbons (Fsp3) is 0.571. The van der Waals surface area contributed by atoms with Gasteiger partial charge in [-0.3, -0.25) is 4.90 Å². The van der Waals surface area contributed by atoms with E-state index in [4.69, 9.17) is 10.5 Å². The largest absolute Gasteiger partial charge is 0.497 e. The Morgan fingerprint density at radius 2 is 2.11 bits per heavy atom. The number of hydrogen-bond acceptors (Lipinski definition) is 3. The highest BCUT2D eigenvalue weighted by Crippen LogP contribution is 2.40. The van der Waals surface area contributed by atoms with Gasteiger partial charge in [-0.25, -0.2) is 4.39 Å². The molecular weight excluding hydrogens is 231 g/mol. The monoisotopic (exact) mass is 252 g/mol. The average Bonchev–Trinajstić information content (AvgIpc) is 2.67. The zero-order chi connectivity index (χ0) is 13.5. The molecule has 1 aromatic rings. The second kappa shape index (κ2) is 4.52. The molecule has 1 atom stereocenters. The average molecular weight is 252 g/mol. The molecule has 2 N–H and O–H groups in total. The molecule has 0 fully saturated rings. The van der Waals surface area contributed by atoms with Crippen LogP contribution in [0.25, 0.3) is 0 Å². The summed E-state index contributed by atoms with van der Waals surface area (Å²) >= 11 is 0. The first-order valence-corrected chi connectivity index (χ1v) is 6.21. The molecule has 1 aliphatic rings. The summed E-state index contributed by atoms with van der Waals surface area (Å²) in [6.07, 6.45) is 0. The fourth-order valence-electron chi connectivity index (χ4n) is 2.62. The quantitative estimate of drug-likeness (QED) is 0.878. The highest BCUT2D eigenvalue weighted by Gasteiger charge is 2.37. The summed E-state index contributed by atoms with van der Waals surface area (Å²) in [5, 5.41) is 0. The maximum Gasteiger partial charge on any atom is 0.131 e. The van der Waals surface area contributed by atoms with Crippen molar-refractivity contribution in [1.29, 1.82) is 0 Å². The van der Waals surface area contributed by atoms with Gasteiger partial charge in [0.15, 0.2) is 0 Å². The molecule has 0 aromatic heterocycles. The Kier molecular flexibility index (Phi) is 3.34. The van der Waals surface area contributed by atoms with Crippen molar-refractivity contribution in [3.8, 4) is 5.75 Å². The normalized spacial score (nSPS) is 20.0. The molecule has 1 aromatic carbocycles. The molecule has 1 unspecified atom stereocenters. The number of ether oxygens (including phenoxy) is 1. The van der Waals surface area contributed by atoms with Gasteiger partial charge in [-0.1, -0.05) is 0 Å². The van der Waals surface area contributed by atoms with Crippen LogP contribution in [0.3, 0.4) is 0 Å². The molecule has 0 amide bonds. The van der Waals surface area contributed by atoms with Gasteiger partial charge in [0.2, 0.25) is 0 Å². The molecular formula is C14H21FN2O. The van der Waals surface area contributed by atoms with E-state index in [9.17, 15) is 4.39 Å². The van der Waals surface area contributed by atoms with Gasteiger partial charge in [0.25, 0.3) is 0 Å². The number of hydrogen-bond donors (Lipinski definition) is 1. The number of nitrogens with zero attached hydrogens (tertiary/aromatic N) is 1. The first-order valence-electron chi connectivity index (χ1n) is 6.21. The SMILES string of the molecule is COc1cc(F)c2c(c1)C(CN)N(C(C)(C)C)C2. The molecule has 0 saturated heterocycles. The van der Waals surface area contributed by atoms with Crippen LogP contribution >= 0.6 is 0 Å². The van der Waals surface area contributed by atoms with Gasteiger partial charge in [0, 0.05) is 36.3 Å². The molecule has 0 spiro atoms. The van der Waals surface area contributed by atoms with E-state index in [0.29, 0.717) is 18.8 Å². The number of halogens is 1. The van der Waals surface area contributed by atoms with Crippen LogP contribution in [0.4, 0.5) is 4.39 Å². The fourth-order valence-corrected chi connectivity index (χ4v) is 2.62. The van der Waals surface area contributed by atoms with Crippen LogP contribution in [0.15, 0.2) is 12.1 Å². The summed E-state index contributed by atoms with van der Waals surface area (Å²) < 4.78 is 19.2. The highest BCUT2D eigenvalue weighted by molar-refractivity contribution is 5.42. The Labute approximate surface area is 108 Å².